The summed E-state index contributed by atoms with van der Waals surface area (Å²) in [6.07, 6.45) is 1.49. The SMILES string of the molecule is O=[N+]([O-])c1ccc(SCC2CCO2)cc1. The number of nitro groups is 1. The lowest BCUT2D eigenvalue weighted by molar-refractivity contribution is -0.384. The van der Waals surface area contributed by atoms with Crippen LogP contribution in [0.2, 0.25) is 0 Å². The van der Waals surface area contributed by atoms with Gasteiger partial charge in [-0.1, -0.05) is 0 Å². The van der Waals surface area contributed by atoms with Crippen molar-refractivity contribution in [3.05, 3.63) is 34.4 Å². The van der Waals surface area contributed by atoms with Crippen molar-refractivity contribution in [2.24, 2.45) is 0 Å². The Hall–Kier alpha value is -1.07. The van der Waals surface area contributed by atoms with Gasteiger partial charge in [-0.2, -0.15) is 0 Å². The van der Waals surface area contributed by atoms with Crippen LogP contribution in [-0.2, 0) is 4.74 Å². The van der Waals surface area contributed by atoms with Crippen LogP contribution in [-0.4, -0.2) is 23.4 Å². The number of benzene rings is 1. The fraction of sp³-hybridized carbons (Fsp3) is 0.400. The molecule has 1 aliphatic heterocycles. The Kier molecular flexibility index (Phi) is 3.23. The summed E-state index contributed by atoms with van der Waals surface area (Å²) in [5.74, 6) is 0.928. The summed E-state index contributed by atoms with van der Waals surface area (Å²) in [6, 6.07) is 6.62. The van der Waals surface area contributed by atoms with Crippen LogP contribution in [0.1, 0.15) is 6.42 Å². The highest BCUT2D eigenvalue weighted by molar-refractivity contribution is 7.99. The topological polar surface area (TPSA) is 52.4 Å². The van der Waals surface area contributed by atoms with Crippen LogP contribution >= 0.6 is 11.8 Å². The minimum atomic E-state index is -0.385. The molecule has 0 spiro atoms. The Morgan fingerprint density at radius 3 is 2.60 bits per heavy atom. The maximum Gasteiger partial charge on any atom is 0.269 e. The molecule has 1 fully saturated rings. The third kappa shape index (κ3) is 2.70. The van der Waals surface area contributed by atoms with E-state index in [2.05, 4.69) is 0 Å². The predicted octanol–water partition coefficient (Wildman–Crippen LogP) is 2.48. The Morgan fingerprint density at radius 1 is 1.47 bits per heavy atom. The molecule has 4 nitrogen and oxygen atoms in total. The first-order valence-electron chi connectivity index (χ1n) is 4.74. The van der Waals surface area contributed by atoms with Crippen LogP contribution in [0, 0.1) is 10.1 Å². The van der Waals surface area contributed by atoms with Gasteiger partial charge < -0.3 is 4.74 Å². The van der Waals surface area contributed by atoms with Crippen molar-refractivity contribution < 1.29 is 9.66 Å². The summed E-state index contributed by atoms with van der Waals surface area (Å²) in [5, 5.41) is 10.4. The second kappa shape index (κ2) is 4.63. The van der Waals surface area contributed by atoms with Crippen LogP contribution in [0.4, 0.5) is 5.69 Å². The molecule has 0 aliphatic carbocycles. The molecular weight excluding hydrogens is 214 g/mol. The van der Waals surface area contributed by atoms with Crippen molar-refractivity contribution in [1.82, 2.24) is 0 Å². The zero-order valence-electron chi connectivity index (χ0n) is 8.09. The van der Waals surface area contributed by atoms with Gasteiger partial charge in [-0.05, 0) is 18.6 Å². The van der Waals surface area contributed by atoms with E-state index in [1.54, 1.807) is 23.9 Å². The third-order valence-corrected chi connectivity index (χ3v) is 3.42. The Morgan fingerprint density at radius 2 is 2.13 bits per heavy atom. The molecule has 1 saturated heterocycles. The average Bonchev–Trinajstić information content (AvgIpc) is 2.16. The molecule has 1 heterocycles. The van der Waals surface area contributed by atoms with Gasteiger partial charge in [0.15, 0.2) is 0 Å². The van der Waals surface area contributed by atoms with Crippen molar-refractivity contribution in [3.63, 3.8) is 0 Å². The highest BCUT2D eigenvalue weighted by Gasteiger charge is 2.17. The lowest BCUT2D eigenvalue weighted by Gasteiger charge is -2.25. The van der Waals surface area contributed by atoms with Crippen LogP contribution in [0.15, 0.2) is 29.2 Å². The van der Waals surface area contributed by atoms with Crippen molar-refractivity contribution >= 4 is 17.4 Å². The monoisotopic (exact) mass is 225 g/mol. The molecule has 0 N–H and O–H groups in total. The van der Waals surface area contributed by atoms with Gasteiger partial charge in [-0.3, -0.25) is 10.1 Å². The summed E-state index contributed by atoms with van der Waals surface area (Å²) in [5.41, 5.74) is 0.138. The van der Waals surface area contributed by atoms with Crippen LogP contribution < -0.4 is 0 Å². The van der Waals surface area contributed by atoms with Crippen molar-refractivity contribution in [2.75, 3.05) is 12.4 Å². The van der Waals surface area contributed by atoms with Crippen LogP contribution in [0.5, 0.6) is 0 Å². The maximum atomic E-state index is 10.4. The summed E-state index contributed by atoms with van der Waals surface area (Å²) >= 11 is 1.68. The molecule has 1 atom stereocenters. The van der Waals surface area contributed by atoms with Crippen molar-refractivity contribution in [1.29, 1.82) is 0 Å². The highest BCUT2D eigenvalue weighted by Crippen LogP contribution is 2.25. The quantitative estimate of drug-likeness (QED) is 0.448. The minimum absolute atomic E-state index is 0.138. The molecule has 0 radical (unpaired) electrons. The molecule has 5 heteroatoms. The first-order chi connectivity index (χ1) is 7.25. The molecule has 0 amide bonds. The number of hydrogen-bond donors (Lipinski definition) is 0. The van der Waals surface area contributed by atoms with E-state index >= 15 is 0 Å². The molecule has 0 aromatic heterocycles. The van der Waals surface area contributed by atoms with Gasteiger partial charge in [0, 0.05) is 29.4 Å². The minimum Gasteiger partial charge on any atom is -0.377 e. The Bertz CT molecular complexity index is 348. The van der Waals surface area contributed by atoms with E-state index in [1.165, 1.54) is 12.1 Å². The maximum absolute atomic E-state index is 10.4. The van der Waals surface area contributed by atoms with E-state index in [4.69, 9.17) is 4.74 Å². The summed E-state index contributed by atoms with van der Waals surface area (Å²) in [7, 11) is 0. The first-order valence-corrected chi connectivity index (χ1v) is 5.73. The fourth-order valence-corrected chi connectivity index (χ4v) is 2.24. The van der Waals surface area contributed by atoms with Gasteiger partial charge in [0.05, 0.1) is 11.0 Å². The Balaban J connectivity index is 1.88. The molecule has 80 valence electrons. The fourth-order valence-electron chi connectivity index (χ4n) is 1.27. The van der Waals surface area contributed by atoms with Gasteiger partial charge in [0.1, 0.15) is 0 Å². The largest absolute Gasteiger partial charge is 0.377 e. The van der Waals surface area contributed by atoms with E-state index in [9.17, 15) is 10.1 Å². The van der Waals surface area contributed by atoms with Crippen LogP contribution in [0.3, 0.4) is 0 Å². The van der Waals surface area contributed by atoms with E-state index in [0.29, 0.717) is 6.10 Å². The second-order valence-electron chi connectivity index (χ2n) is 3.34. The zero-order chi connectivity index (χ0) is 10.7. The van der Waals surface area contributed by atoms with Crippen LogP contribution in [0.25, 0.3) is 0 Å². The summed E-state index contributed by atoms with van der Waals surface area (Å²) in [4.78, 5) is 11.1. The molecule has 1 aromatic carbocycles. The zero-order valence-corrected chi connectivity index (χ0v) is 8.90. The van der Waals surface area contributed by atoms with Crippen molar-refractivity contribution in [3.8, 4) is 0 Å². The molecule has 0 bridgehead atoms. The van der Waals surface area contributed by atoms with E-state index in [0.717, 1.165) is 23.7 Å². The molecule has 0 saturated carbocycles. The van der Waals surface area contributed by atoms with E-state index in [1.807, 2.05) is 0 Å². The molecule has 2 rings (SSSR count). The van der Waals surface area contributed by atoms with Gasteiger partial charge >= 0.3 is 0 Å². The molecule has 1 aliphatic rings. The lowest BCUT2D eigenvalue weighted by atomic mass is 10.2. The number of non-ortho nitro benzene ring substituents is 1. The summed E-state index contributed by atoms with van der Waals surface area (Å²) < 4.78 is 5.29. The number of hydrogen-bond acceptors (Lipinski definition) is 4. The van der Waals surface area contributed by atoms with E-state index in [-0.39, 0.29) is 10.6 Å². The number of nitrogens with zero attached hydrogens (tertiary/aromatic N) is 1. The van der Waals surface area contributed by atoms with Gasteiger partial charge in [0.2, 0.25) is 0 Å². The standard InChI is InChI=1S/C10H11NO3S/c12-11(13)8-1-3-10(4-2-8)15-7-9-5-6-14-9/h1-4,9H,5-7H2. The molecule has 1 unspecified atom stereocenters. The number of thioether (sulfide) groups is 1. The Labute approximate surface area is 91.8 Å². The number of nitro benzene ring substituents is 1. The van der Waals surface area contributed by atoms with Crippen molar-refractivity contribution in [2.45, 2.75) is 17.4 Å². The average molecular weight is 225 g/mol. The van der Waals surface area contributed by atoms with E-state index < -0.39 is 0 Å². The molecule has 1 aromatic rings. The number of ether oxygens (including phenoxy) is 1. The number of rotatable bonds is 4. The predicted molar refractivity (Wildman–Crippen MR) is 58.2 cm³/mol. The normalized spacial score (nSPS) is 19.6. The van der Waals surface area contributed by atoms with Gasteiger partial charge in [0.25, 0.3) is 5.69 Å². The first kappa shape index (κ1) is 10.4. The highest BCUT2D eigenvalue weighted by atomic mass is 32.2. The summed E-state index contributed by atoms with van der Waals surface area (Å²) in [6.45, 7) is 0.867. The molecule has 15 heavy (non-hydrogen) atoms. The van der Waals surface area contributed by atoms with Gasteiger partial charge in [-0.25, -0.2) is 0 Å². The molecular formula is C10H11NO3S. The smallest absolute Gasteiger partial charge is 0.269 e. The third-order valence-electron chi connectivity index (χ3n) is 2.28. The van der Waals surface area contributed by atoms with Gasteiger partial charge in [-0.15, -0.1) is 11.8 Å². The second-order valence-corrected chi connectivity index (χ2v) is 4.44. The lowest BCUT2D eigenvalue weighted by Crippen LogP contribution is -2.28.